The first-order valence-electron chi connectivity index (χ1n) is 4.61. The van der Waals surface area contributed by atoms with E-state index in [1.54, 1.807) is 12.3 Å². The number of aliphatic hydroxyl groups excluding tert-OH is 1. The molecular formula is C9H13BrN2O3. The van der Waals surface area contributed by atoms with E-state index in [2.05, 4.69) is 20.9 Å². The number of hydrogen-bond acceptors (Lipinski definition) is 4. The molecule has 1 aromatic rings. The topological polar surface area (TPSA) is 64.3 Å². The van der Waals surface area contributed by atoms with Gasteiger partial charge in [-0.2, -0.15) is 4.98 Å². The molecule has 6 heteroatoms. The molecule has 1 unspecified atom stereocenters. The molecule has 15 heavy (non-hydrogen) atoms. The van der Waals surface area contributed by atoms with Gasteiger partial charge in [-0.1, -0.05) is 15.9 Å². The minimum Gasteiger partial charge on any atom is -0.478 e. The zero-order valence-corrected chi connectivity index (χ0v) is 9.98. The van der Waals surface area contributed by atoms with Crippen molar-refractivity contribution in [1.82, 2.24) is 9.55 Å². The monoisotopic (exact) mass is 276 g/mol. The second-order valence-electron chi connectivity index (χ2n) is 2.94. The minimum absolute atomic E-state index is 0.226. The highest BCUT2D eigenvalue weighted by atomic mass is 79.9. The molecule has 0 fully saturated rings. The summed E-state index contributed by atoms with van der Waals surface area (Å²) in [5.74, 6) is 0.312. The Labute approximate surface area is 95.8 Å². The van der Waals surface area contributed by atoms with Gasteiger partial charge < -0.3 is 9.84 Å². The van der Waals surface area contributed by atoms with Crippen LogP contribution in [-0.2, 0) is 6.54 Å². The fourth-order valence-electron chi connectivity index (χ4n) is 1.06. The first kappa shape index (κ1) is 12.2. The number of nitrogens with zero attached hydrogens (tertiary/aromatic N) is 2. The van der Waals surface area contributed by atoms with Crippen LogP contribution in [0.3, 0.4) is 0 Å². The molecular weight excluding hydrogens is 264 g/mol. The third-order valence-electron chi connectivity index (χ3n) is 1.73. The molecule has 0 amide bonds. The summed E-state index contributed by atoms with van der Waals surface area (Å²) in [6.07, 6.45) is 0.967. The van der Waals surface area contributed by atoms with Crippen molar-refractivity contribution in [2.24, 2.45) is 0 Å². The summed E-state index contributed by atoms with van der Waals surface area (Å²) in [6, 6.07) is 1.60. The molecule has 0 saturated carbocycles. The lowest BCUT2D eigenvalue weighted by Gasteiger charge is -2.09. The van der Waals surface area contributed by atoms with E-state index >= 15 is 0 Å². The first-order chi connectivity index (χ1) is 7.17. The molecule has 1 N–H and O–H groups in total. The van der Waals surface area contributed by atoms with Gasteiger partial charge in [0.05, 0.1) is 19.3 Å². The van der Waals surface area contributed by atoms with Gasteiger partial charge in [0, 0.05) is 17.6 Å². The second kappa shape index (κ2) is 5.87. The summed E-state index contributed by atoms with van der Waals surface area (Å²) in [5.41, 5.74) is -0.416. The summed E-state index contributed by atoms with van der Waals surface area (Å²) >= 11 is 3.13. The van der Waals surface area contributed by atoms with E-state index in [4.69, 9.17) is 4.74 Å². The van der Waals surface area contributed by atoms with Gasteiger partial charge in [0.2, 0.25) is 5.88 Å². The van der Waals surface area contributed by atoms with Gasteiger partial charge in [-0.15, -0.1) is 0 Å². The van der Waals surface area contributed by atoms with E-state index in [-0.39, 0.29) is 6.54 Å². The van der Waals surface area contributed by atoms with E-state index < -0.39 is 11.8 Å². The van der Waals surface area contributed by atoms with E-state index in [0.29, 0.717) is 17.8 Å². The Morgan fingerprint density at radius 1 is 1.73 bits per heavy atom. The number of ether oxygens (including phenoxy) is 1. The van der Waals surface area contributed by atoms with Gasteiger partial charge in [0.25, 0.3) is 0 Å². The molecule has 0 aromatic carbocycles. The number of alkyl halides is 1. The highest BCUT2D eigenvalue weighted by Gasteiger charge is 2.06. The molecule has 0 aliphatic heterocycles. The van der Waals surface area contributed by atoms with E-state index in [1.807, 2.05) is 6.92 Å². The molecule has 1 atom stereocenters. The second-order valence-corrected chi connectivity index (χ2v) is 3.59. The van der Waals surface area contributed by atoms with Crippen molar-refractivity contribution in [3.8, 4) is 5.88 Å². The van der Waals surface area contributed by atoms with Crippen LogP contribution in [0.5, 0.6) is 5.88 Å². The van der Waals surface area contributed by atoms with Crippen molar-refractivity contribution in [3.63, 3.8) is 0 Å². The molecule has 1 heterocycles. The smallest absolute Gasteiger partial charge is 0.350 e. The highest BCUT2D eigenvalue weighted by Crippen LogP contribution is 2.01. The lowest BCUT2D eigenvalue weighted by molar-refractivity contribution is 0.176. The summed E-state index contributed by atoms with van der Waals surface area (Å²) in [6.45, 7) is 2.52. The molecule has 0 saturated heterocycles. The van der Waals surface area contributed by atoms with Gasteiger partial charge in [0.15, 0.2) is 0 Å². The molecule has 0 bridgehead atoms. The summed E-state index contributed by atoms with van der Waals surface area (Å²) in [7, 11) is 0. The van der Waals surface area contributed by atoms with Crippen LogP contribution in [0.2, 0.25) is 0 Å². The maximum atomic E-state index is 11.4. The van der Waals surface area contributed by atoms with Crippen molar-refractivity contribution in [2.75, 3.05) is 11.9 Å². The van der Waals surface area contributed by atoms with Crippen LogP contribution >= 0.6 is 15.9 Å². The van der Waals surface area contributed by atoms with Gasteiger partial charge in [-0.05, 0) is 6.92 Å². The fraction of sp³-hybridized carbons (Fsp3) is 0.556. The van der Waals surface area contributed by atoms with Gasteiger partial charge in [0.1, 0.15) is 0 Å². The average molecular weight is 277 g/mol. The first-order valence-corrected chi connectivity index (χ1v) is 5.73. The third-order valence-corrected chi connectivity index (χ3v) is 2.47. The van der Waals surface area contributed by atoms with Crippen LogP contribution in [0, 0.1) is 0 Å². The maximum Gasteiger partial charge on any atom is 0.350 e. The highest BCUT2D eigenvalue weighted by molar-refractivity contribution is 9.09. The minimum atomic E-state index is -0.595. The SMILES string of the molecule is CCOc1ccn(CC(O)CBr)c(=O)n1. The fourth-order valence-corrected chi connectivity index (χ4v) is 1.26. The largest absolute Gasteiger partial charge is 0.478 e. The Bertz CT molecular complexity index is 367. The molecule has 0 aliphatic rings. The Balaban J connectivity index is 2.79. The van der Waals surface area contributed by atoms with Crippen molar-refractivity contribution < 1.29 is 9.84 Å². The van der Waals surface area contributed by atoms with Crippen LogP contribution in [0.15, 0.2) is 17.1 Å². The molecule has 1 rings (SSSR count). The van der Waals surface area contributed by atoms with E-state index in [0.717, 1.165) is 0 Å². The summed E-state index contributed by atoms with van der Waals surface area (Å²) in [5, 5.41) is 9.77. The Morgan fingerprint density at radius 2 is 2.47 bits per heavy atom. The molecule has 1 aromatic heterocycles. The number of halogens is 1. The predicted octanol–water partition coefficient (Wildman–Crippen LogP) is 0.398. The van der Waals surface area contributed by atoms with Crippen LogP contribution in [0.25, 0.3) is 0 Å². The standard InChI is InChI=1S/C9H13BrN2O3/c1-2-15-8-3-4-12(9(14)11-8)6-7(13)5-10/h3-4,7,13H,2,5-6H2,1H3. The van der Waals surface area contributed by atoms with Crippen LogP contribution < -0.4 is 10.4 Å². The van der Waals surface area contributed by atoms with Crippen molar-refractivity contribution in [2.45, 2.75) is 19.6 Å². The zero-order valence-electron chi connectivity index (χ0n) is 8.39. The van der Waals surface area contributed by atoms with Gasteiger partial charge in [-0.25, -0.2) is 4.79 Å². The van der Waals surface area contributed by atoms with Gasteiger partial charge >= 0.3 is 5.69 Å². The number of aliphatic hydroxyl groups is 1. The predicted molar refractivity (Wildman–Crippen MR) is 59.5 cm³/mol. The quantitative estimate of drug-likeness (QED) is 0.791. The normalized spacial score (nSPS) is 12.5. The lowest BCUT2D eigenvalue weighted by Crippen LogP contribution is -2.28. The van der Waals surface area contributed by atoms with E-state index in [9.17, 15) is 9.90 Å². The molecule has 0 aliphatic carbocycles. The number of aromatic nitrogens is 2. The molecule has 84 valence electrons. The summed E-state index contributed by atoms with van der Waals surface area (Å²) < 4.78 is 6.42. The van der Waals surface area contributed by atoms with E-state index in [1.165, 1.54) is 4.57 Å². The zero-order chi connectivity index (χ0) is 11.3. The van der Waals surface area contributed by atoms with Gasteiger partial charge in [-0.3, -0.25) is 4.57 Å². The third kappa shape index (κ3) is 3.64. The molecule has 0 radical (unpaired) electrons. The molecule has 5 nitrogen and oxygen atoms in total. The number of rotatable bonds is 5. The molecule has 0 spiro atoms. The maximum absolute atomic E-state index is 11.4. The lowest BCUT2D eigenvalue weighted by atomic mass is 10.4. The van der Waals surface area contributed by atoms with Crippen molar-refractivity contribution in [1.29, 1.82) is 0 Å². The Kier molecular flexibility index (Phi) is 4.77. The Morgan fingerprint density at radius 3 is 3.00 bits per heavy atom. The average Bonchev–Trinajstić information content (AvgIpc) is 2.22. The number of hydrogen-bond donors (Lipinski definition) is 1. The van der Waals surface area contributed by atoms with Crippen LogP contribution in [-0.4, -0.2) is 32.7 Å². The van der Waals surface area contributed by atoms with Crippen molar-refractivity contribution >= 4 is 15.9 Å². The Hall–Kier alpha value is -0.880. The van der Waals surface area contributed by atoms with Crippen molar-refractivity contribution in [3.05, 3.63) is 22.7 Å². The van der Waals surface area contributed by atoms with Crippen LogP contribution in [0.1, 0.15) is 6.92 Å². The summed E-state index contributed by atoms with van der Waals surface area (Å²) in [4.78, 5) is 15.1. The van der Waals surface area contributed by atoms with Crippen LogP contribution in [0.4, 0.5) is 0 Å².